The number of nitrogens with zero attached hydrogens (tertiary/aromatic N) is 2. The molecular weight excluding hydrogens is 633 g/mol. The van der Waals surface area contributed by atoms with Crippen molar-refractivity contribution < 1.29 is 6.85 Å². The molecule has 0 unspecified atom stereocenters. The highest BCUT2D eigenvalue weighted by atomic mass is 28.3. The summed E-state index contributed by atoms with van der Waals surface area (Å²) in [5.41, 5.74) is 4.82. The second-order valence-corrected chi connectivity index (χ2v) is 16.8. The van der Waals surface area contributed by atoms with E-state index in [9.17, 15) is 0 Å². The average molecular weight is 672 g/mol. The van der Waals surface area contributed by atoms with Gasteiger partial charge in [-0.05, 0) is 69.2 Å². The number of fused-ring (bicyclic) bond motifs is 6. The van der Waals surface area contributed by atoms with E-state index in [1.807, 2.05) is 34.9 Å². The fraction of sp³-hybridized carbons (Fsp3) is 0. The van der Waals surface area contributed by atoms with Crippen LogP contribution in [0.2, 0.25) is 0 Å². The van der Waals surface area contributed by atoms with Gasteiger partial charge >= 0.3 is 0 Å². The summed E-state index contributed by atoms with van der Waals surface area (Å²) in [5.74, 6) is 0. The predicted molar refractivity (Wildman–Crippen MR) is 219 cm³/mol. The molecule has 0 saturated carbocycles. The van der Waals surface area contributed by atoms with E-state index in [0.29, 0.717) is 0 Å². The number of para-hydroxylation sites is 3. The lowest BCUT2D eigenvalue weighted by Crippen LogP contribution is -2.74. The number of hydrogen-bond donors (Lipinski definition) is 0. The van der Waals surface area contributed by atoms with E-state index in [1.54, 1.807) is 0 Å². The summed E-state index contributed by atoms with van der Waals surface area (Å²) in [6.07, 6.45) is 0. The van der Waals surface area contributed by atoms with Crippen LogP contribution in [0.25, 0.3) is 55.0 Å². The second kappa shape index (κ2) is 11.9. The highest BCUT2D eigenvalue weighted by Crippen LogP contribution is 2.36. The normalized spacial score (nSPS) is 13.3. The van der Waals surface area contributed by atoms with Crippen molar-refractivity contribution in [3.63, 3.8) is 0 Å². The molecule has 0 bridgehead atoms. The van der Waals surface area contributed by atoms with Crippen molar-refractivity contribution in [1.82, 2.24) is 9.13 Å². The highest BCUT2D eigenvalue weighted by molar-refractivity contribution is 7.20. The van der Waals surface area contributed by atoms with Gasteiger partial charge in [-0.2, -0.15) is 0 Å². The van der Waals surface area contributed by atoms with Crippen LogP contribution in [-0.2, 0) is 0 Å². The lowest BCUT2D eigenvalue weighted by Gasteiger charge is -2.34. The van der Waals surface area contributed by atoms with Crippen LogP contribution in [0.1, 0.15) is 6.85 Å². The molecule has 0 fully saturated rings. The van der Waals surface area contributed by atoms with Gasteiger partial charge in [0.1, 0.15) is 0 Å². The van der Waals surface area contributed by atoms with Crippen molar-refractivity contribution in [2.45, 2.75) is 0 Å². The van der Waals surface area contributed by atoms with Crippen molar-refractivity contribution in [2.75, 3.05) is 0 Å². The molecule has 2 aromatic heterocycles. The van der Waals surface area contributed by atoms with Crippen LogP contribution >= 0.6 is 0 Å². The molecule has 0 amide bonds. The SMILES string of the molecule is [2H]c1c([2H])c([2H])c(-n2c3ccccc3c3cc(-n4c5ccccc5c5ccc([Si](c6ccccc6)(c6ccccc6)c6ccccc6)cc54)ccc32)c([2H])c1[2H]. The Kier molecular flexibility index (Phi) is 5.74. The number of aromatic nitrogens is 2. The van der Waals surface area contributed by atoms with Gasteiger partial charge in [0, 0.05) is 32.9 Å². The smallest absolute Gasteiger partial charge is 0.179 e. The summed E-state index contributed by atoms with van der Waals surface area (Å²) in [6, 6.07) is 61.0. The van der Waals surface area contributed by atoms with Gasteiger partial charge in [-0.3, -0.25) is 0 Å². The third-order valence-corrected chi connectivity index (χ3v) is 15.1. The Morgan fingerprint density at radius 2 is 0.804 bits per heavy atom. The summed E-state index contributed by atoms with van der Waals surface area (Å²) in [7, 11) is -2.82. The molecule has 8 aromatic carbocycles. The van der Waals surface area contributed by atoms with E-state index in [1.165, 1.54) is 20.7 Å². The highest BCUT2D eigenvalue weighted by Gasteiger charge is 2.41. The molecule has 2 nitrogen and oxygen atoms in total. The first-order chi connectivity index (χ1) is 27.4. The van der Waals surface area contributed by atoms with Gasteiger partial charge in [0.05, 0.1) is 28.9 Å². The van der Waals surface area contributed by atoms with Crippen molar-refractivity contribution in [2.24, 2.45) is 0 Å². The Morgan fingerprint density at radius 1 is 0.333 bits per heavy atom. The molecular formula is C48H34N2Si. The van der Waals surface area contributed by atoms with Crippen molar-refractivity contribution in [3.8, 4) is 11.4 Å². The first-order valence-electron chi connectivity index (χ1n) is 19.7. The van der Waals surface area contributed by atoms with Crippen LogP contribution in [0, 0.1) is 0 Å². The Bertz CT molecular complexity index is 3010. The van der Waals surface area contributed by atoms with E-state index in [4.69, 9.17) is 6.85 Å². The summed E-state index contributed by atoms with van der Waals surface area (Å²) >= 11 is 0. The summed E-state index contributed by atoms with van der Waals surface area (Å²) < 4.78 is 47.0. The molecule has 3 heteroatoms. The van der Waals surface area contributed by atoms with E-state index in [-0.39, 0.29) is 29.9 Å². The lowest BCUT2D eigenvalue weighted by atomic mass is 10.1. The maximum Gasteiger partial charge on any atom is 0.179 e. The second-order valence-electron chi connectivity index (χ2n) is 13.0. The molecule has 0 aliphatic rings. The minimum absolute atomic E-state index is 0.139. The summed E-state index contributed by atoms with van der Waals surface area (Å²) in [4.78, 5) is 0. The molecule has 0 aliphatic carbocycles. The largest absolute Gasteiger partial charge is 0.309 e. The van der Waals surface area contributed by atoms with E-state index < -0.39 is 14.1 Å². The van der Waals surface area contributed by atoms with Gasteiger partial charge in [0.15, 0.2) is 8.07 Å². The van der Waals surface area contributed by atoms with Gasteiger partial charge in [0.25, 0.3) is 0 Å². The fourth-order valence-corrected chi connectivity index (χ4v) is 13.0. The molecule has 240 valence electrons. The molecule has 0 atom stereocenters. The maximum atomic E-state index is 8.86. The quantitative estimate of drug-likeness (QED) is 0.123. The number of benzene rings is 8. The molecule has 0 N–H and O–H groups in total. The Hall–Kier alpha value is -6.42. The Balaban J connectivity index is 1.28. The van der Waals surface area contributed by atoms with Crippen LogP contribution in [0.15, 0.2) is 206 Å². The third kappa shape index (κ3) is 4.49. The van der Waals surface area contributed by atoms with Gasteiger partial charge in [-0.25, -0.2) is 0 Å². The molecule has 10 aromatic rings. The molecule has 0 radical (unpaired) electrons. The van der Waals surface area contributed by atoms with Gasteiger partial charge in [-0.15, -0.1) is 0 Å². The topological polar surface area (TPSA) is 9.86 Å². The summed E-state index contributed by atoms with van der Waals surface area (Å²) in [5, 5.41) is 9.36. The third-order valence-electron chi connectivity index (χ3n) is 10.4. The van der Waals surface area contributed by atoms with Crippen molar-refractivity contribution in [3.05, 3.63) is 206 Å². The minimum Gasteiger partial charge on any atom is -0.309 e. The first kappa shape index (κ1) is 24.7. The number of hydrogen-bond acceptors (Lipinski definition) is 0. The molecule has 0 saturated heterocycles. The zero-order valence-electron chi connectivity index (χ0n) is 32.6. The first-order valence-corrected chi connectivity index (χ1v) is 19.2. The average Bonchev–Trinajstić information content (AvgIpc) is 3.76. The Labute approximate surface area is 305 Å². The van der Waals surface area contributed by atoms with E-state index >= 15 is 0 Å². The van der Waals surface area contributed by atoms with Gasteiger partial charge in [-0.1, -0.05) is 158 Å². The molecule has 2 heterocycles. The number of rotatable bonds is 6. The van der Waals surface area contributed by atoms with Gasteiger partial charge in [0.2, 0.25) is 0 Å². The van der Waals surface area contributed by atoms with Gasteiger partial charge < -0.3 is 9.13 Å². The van der Waals surface area contributed by atoms with Crippen LogP contribution < -0.4 is 20.7 Å². The zero-order chi connectivity index (χ0) is 38.1. The molecule has 0 aliphatic heterocycles. The minimum atomic E-state index is -2.82. The fourth-order valence-electron chi connectivity index (χ4n) is 8.24. The van der Waals surface area contributed by atoms with Crippen LogP contribution in [-0.4, -0.2) is 17.2 Å². The Morgan fingerprint density at radius 3 is 1.39 bits per heavy atom. The maximum absolute atomic E-state index is 8.86. The van der Waals surface area contributed by atoms with Crippen LogP contribution in [0.4, 0.5) is 0 Å². The van der Waals surface area contributed by atoms with Crippen molar-refractivity contribution in [1.29, 1.82) is 0 Å². The van der Waals surface area contributed by atoms with Crippen LogP contribution in [0.5, 0.6) is 0 Å². The monoisotopic (exact) mass is 671 g/mol. The molecule has 10 rings (SSSR count). The van der Waals surface area contributed by atoms with E-state index in [2.05, 4.69) is 150 Å². The summed E-state index contributed by atoms with van der Waals surface area (Å²) in [6.45, 7) is 0. The molecule has 0 spiro atoms. The van der Waals surface area contributed by atoms with Crippen molar-refractivity contribution >= 4 is 72.4 Å². The zero-order valence-corrected chi connectivity index (χ0v) is 28.6. The van der Waals surface area contributed by atoms with E-state index in [0.717, 1.165) is 49.3 Å². The standard InChI is InChI=1S/C48H34N2Si/c1-5-17-35(18-6-1)49-46-28-16-14-26-42(46)44-33-36(29-32-47(44)49)50-45-27-15-13-25-41(45)43-31-30-40(34-48(43)50)51(37-19-7-2-8-20-37,38-21-9-3-10-22-38)39-23-11-4-12-24-39/h1-34H/i1D,5D,6D,17D,18D. The lowest BCUT2D eigenvalue weighted by molar-refractivity contribution is 1.17. The predicted octanol–water partition coefficient (Wildman–Crippen LogP) is 9.26. The molecule has 51 heavy (non-hydrogen) atoms. The van der Waals surface area contributed by atoms with Crippen LogP contribution in [0.3, 0.4) is 0 Å².